The van der Waals surface area contributed by atoms with Crippen molar-refractivity contribution in [1.29, 1.82) is 0 Å². The fraction of sp³-hybridized carbons (Fsp3) is 0.727. The van der Waals surface area contributed by atoms with Crippen LogP contribution in [-0.2, 0) is 4.79 Å². The molecule has 0 aliphatic carbocycles. The molecule has 0 aromatic rings. The molecular formula is C11H16N2O. The molecule has 2 saturated heterocycles. The summed E-state index contributed by atoms with van der Waals surface area (Å²) < 4.78 is 0. The number of nitrogens with one attached hydrogen (secondary N) is 2. The molecule has 14 heavy (non-hydrogen) atoms. The summed E-state index contributed by atoms with van der Waals surface area (Å²) in [4.78, 5) is 11.2. The second-order valence-corrected chi connectivity index (χ2v) is 4.15. The highest BCUT2D eigenvalue weighted by Crippen LogP contribution is 2.26. The van der Waals surface area contributed by atoms with Gasteiger partial charge in [-0.1, -0.05) is 5.92 Å². The molecule has 0 spiro atoms. The lowest BCUT2D eigenvalue weighted by Crippen LogP contribution is -2.47. The van der Waals surface area contributed by atoms with Gasteiger partial charge in [0.1, 0.15) is 0 Å². The molecule has 3 heteroatoms. The van der Waals surface area contributed by atoms with Crippen molar-refractivity contribution in [2.45, 2.75) is 50.7 Å². The second-order valence-electron chi connectivity index (χ2n) is 4.15. The lowest BCUT2D eigenvalue weighted by Gasteiger charge is -2.29. The Labute approximate surface area is 84.6 Å². The number of piperidine rings is 1. The molecule has 0 aromatic carbocycles. The van der Waals surface area contributed by atoms with Crippen LogP contribution in [0.3, 0.4) is 0 Å². The van der Waals surface area contributed by atoms with Crippen molar-refractivity contribution in [3.05, 3.63) is 0 Å². The van der Waals surface area contributed by atoms with Crippen LogP contribution in [0.2, 0.25) is 0 Å². The molecule has 2 aliphatic rings. The zero-order valence-corrected chi connectivity index (χ0v) is 8.47. The van der Waals surface area contributed by atoms with Crippen LogP contribution in [0, 0.1) is 11.8 Å². The highest BCUT2D eigenvalue weighted by Gasteiger charge is 2.33. The van der Waals surface area contributed by atoms with Crippen molar-refractivity contribution in [3.8, 4) is 11.8 Å². The molecule has 0 aromatic heterocycles. The summed E-state index contributed by atoms with van der Waals surface area (Å²) in [6, 6.07) is 1.57. The van der Waals surface area contributed by atoms with E-state index >= 15 is 0 Å². The van der Waals surface area contributed by atoms with Gasteiger partial charge in [0.25, 0.3) is 5.91 Å². The maximum absolute atomic E-state index is 11.2. The third kappa shape index (κ3) is 2.08. The van der Waals surface area contributed by atoms with Gasteiger partial charge < -0.3 is 10.6 Å². The number of rotatable bonds is 1. The van der Waals surface area contributed by atoms with Crippen molar-refractivity contribution in [2.24, 2.45) is 0 Å². The number of hydrogen-bond donors (Lipinski definition) is 2. The van der Waals surface area contributed by atoms with Crippen LogP contribution in [0.4, 0.5) is 0 Å². The van der Waals surface area contributed by atoms with Gasteiger partial charge in [-0.15, -0.1) is 0 Å². The van der Waals surface area contributed by atoms with E-state index in [0.29, 0.717) is 18.1 Å². The minimum Gasteiger partial charge on any atom is -0.342 e. The zero-order valence-electron chi connectivity index (χ0n) is 8.47. The summed E-state index contributed by atoms with van der Waals surface area (Å²) >= 11 is 0. The lowest BCUT2D eigenvalue weighted by molar-refractivity contribution is -0.116. The molecule has 2 aliphatic heterocycles. The van der Waals surface area contributed by atoms with Crippen molar-refractivity contribution < 1.29 is 4.79 Å². The van der Waals surface area contributed by atoms with E-state index in [-0.39, 0.29) is 5.91 Å². The summed E-state index contributed by atoms with van der Waals surface area (Å²) in [5.74, 6) is 5.01. The number of carbonyl (C=O) groups excluding carboxylic acids is 1. The third-order valence-corrected chi connectivity index (χ3v) is 3.05. The molecule has 3 nitrogen and oxygen atoms in total. The first kappa shape index (κ1) is 9.54. The summed E-state index contributed by atoms with van der Waals surface area (Å²) in [7, 11) is 0. The van der Waals surface area contributed by atoms with Gasteiger partial charge in [0.15, 0.2) is 0 Å². The quantitative estimate of drug-likeness (QED) is 0.591. The summed E-state index contributed by atoms with van der Waals surface area (Å²) in [6.45, 7) is 1.69. The first-order valence-electron chi connectivity index (χ1n) is 5.27. The first-order chi connectivity index (χ1) is 6.78. The molecule has 2 bridgehead atoms. The van der Waals surface area contributed by atoms with E-state index in [4.69, 9.17) is 0 Å². The number of amides is 1. The van der Waals surface area contributed by atoms with Crippen molar-refractivity contribution in [2.75, 3.05) is 0 Å². The van der Waals surface area contributed by atoms with Crippen LogP contribution in [-0.4, -0.2) is 24.0 Å². The Balaban J connectivity index is 1.87. The van der Waals surface area contributed by atoms with Gasteiger partial charge in [0.05, 0.1) is 0 Å². The van der Waals surface area contributed by atoms with Crippen LogP contribution < -0.4 is 10.6 Å². The van der Waals surface area contributed by atoms with Crippen molar-refractivity contribution in [3.63, 3.8) is 0 Å². The highest BCUT2D eigenvalue weighted by molar-refractivity contribution is 5.93. The van der Waals surface area contributed by atoms with Crippen LogP contribution in [0.25, 0.3) is 0 Å². The van der Waals surface area contributed by atoms with Crippen molar-refractivity contribution in [1.82, 2.24) is 10.6 Å². The SMILES string of the molecule is CC#CC(=O)NC1CC2CCC(C1)N2. The van der Waals surface area contributed by atoms with Crippen LogP contribution in [0.1, 0.15) is 32.6 Å². The van der Waals surface area contributed by atoms with Crippen molar-refractivity contribution >= 4 is 5.91 Å². The Bertz CT molecular complexity index is 277. The molecule has 2 rings (SSSR count). The normalized spacial score (nSPS) is 34.5. The fourth-order valence-electron chi connectivity index (χ4n) is 2.51. The largest absolute Gasteiger partial charge is 0.342 e. The van der Waals surface area contributed by atoms with E-state index in [1.54, 1.807) is 6.92 Å². The molecule has 2 heterocycles. The summed E-state index contributed by atoms with van der Waals surface area (Å²) in [5.41, 5.74) is 0. The average molecular weight is 192 g/mol. The monoisotopic (exact) mass is 192 g/mol. The lowest BCUT2D eigenvalue weighted by atomic mass is 10.00. The minimum absolute atomic E-state index is 0.126. The molecule has 0 saturated carbocycles. The van der Waals surface area contributed by atoms with Gasteiger partial charge >= 0.3 is 0 Å². The van der Waals surface area contributed by atoms with Crippen LogP contribution in [0.5, 0.6) is 0 Å². The van der Waals surface area contributed by atoms with E-state index < -0.39 is 0 Å². The topological polar surface area (TPSA) is 41.1 Å². The zero-order chi connectivity index (χ0) is 9.97. The Morgan fingerprint density at radius 3 is 2.57 bits per heavy atom. The predicted molar refractivity (Wildman–Crippen MR) is 54.6 cm³/mol. The van der Waals surface area contributed by atoms with Gasteiger partial charge in [0, 0.05) is 18.1 Å². The Morgan fingerprint density at radius 2 is 2.00 bits per heavy atom. The summed E-state index contributed by atoms with van der Waals surface area (Å²) in [6.07, 6.45) is 4.65. The predicted octanol–water partition coefficient (Wildman–Crippen LogP) is 0.409. The molecular weight excluding hydrogens is 176 g/mol. The van der Waals surface area contributed by atoms with Gasteiger partial charge in [-0.2, -0.15) is 0 Å². The molecule has 0 radical (unpaired) electrons. The Hall–Kier alpha value is -1.01. The number of hydrogen-bond acceptors (Lipinski definition) is 2. The third-order valence-electron chi connectivity index (χ3n) is 3.05. The molecule has 2 N–H and O–H groups in total. The molecule has 2 atom stereocenters. The van der Waals surface area contributed by atoms with Crippen LogP contribution >= 0.6 is 0 Å². The van der Waals surface area contributed by atoms with E-state index in [1.807, 2.05) is 0 Å². The van der Waals surface area contributed by atoms with Gasteiger partial charge in [-0.3, -0.25) is 4.79 Å². The number of carbonyl (C=O) groups is 1. The molecule has 2 fully saturated rings. The molecule has 76 valence electrons. The number of fused-ring (bicyclic) bond motifs is 2. The molecule has 2 unspecified atom stereocenters. The van der Waals surface area contributed by atoms with E-state index in [0.717, 1.165) is 12.8 Å². The molecule has 1 amide bonds. The Kier molecular flexibility index (Phi) is 2.74. The summed E-state index contributed by atoms with van der Waals surface area (Å²) in [5, 5.41) is 6.51. The average Bonchev–Trinajstić information content (AvgIpc) is 2.46. The maximum atomic E-state index is 11.2. The minimum atomic E-state index is -0.126. The maximum Gasteiger partial charge on any atom is 0.296 e. The van der Waals surface area contributed by atoms with Gasteiger partial charge in [-0.05, 0) is 38.5 Å². The highest BCUT2D eigenvalue weighted by atomic mass is 16.1. The first-order valence-corrected chi connectivity index (χ1v) is 5.27. The van der Waals surface area contributed by atoms with Crippen LogP contribution in [0.15, 0.2) is 0 Å². The fourth-order valence-corrected chi connectivity index (χ4v) is 2.51. The smallest absolute Gasteiger partial charge is 0.296 e. The standard InChI is InChI=1S/C11H16N2O/c1-2-3-11(14)13-10-6-8-4-5-9(7-10)12-8/h8-10,12H,4-7H2,1H3,(H,13,14). The second kappa shape index (κ2) is 4.02. The van der Waals surface area contributed by atoms with Gasteiger partial charge in [-0.25, -0.2) is 0 Å². The van der Waals surface area contributed by atoms with Gasteiger partial charge in [0.2, 0.25) is 0 Å². The Morgan fingerprint density at radius 1 is 1.36 bits per heavy atom. The van der Waals surface area contributed by atoms with E-state index in [2.05, 4.69) is 22.5 Å². The van der Waals surface area contributed by atoms with E-state index in [1.165, 1.54) is 12.8 Å². The van der Waals surface area contributed by atoms with E-state index in [9.17, 15) is 4.79 Å².